The first-order valence-corrected chi connectivity index (χ1v) is 13.7. The fourth-order valence-electron chi connectivity index (χ4n) is 4.74. The molecule has 1 aromatic carbocycles. The van der Waals surface area contributed by atoms with Crippen LogP contribution in [0.1, 0.15) is 36.0 Å². The van der Waals surface area contributed by atoms with Crippen LogP contribution in [-0.4, -0.2) is 92.3 Å². The molecular formula is C30H44N8O2. The molecule has 1 aliphatic heterocycles. The van der Waals surface area contributed by atoms with Crippen LogP contribution in [0, 0.1) is 6.92 Å². The van der Waals surface area contributed by atoms with E-state index in [1.54, 1.807) is 11.8 Å². The van der Waals surface area contributed by atoms with Crippen LogP contribution in [0.4, 0.5) is 0 Å². The Balaban J connectivity index is 1.90. The summed E-state index contributed by atoms with van der Waals surface area (Å²) >= 11 is 0. The quantitative estimate of drug-likeness (QED) is 0.149. The van der Waals surface area contributed by atoms with E-state index >= 15 is 0 Å². The summed E-state index contributed by atoms with van der Waals surface area (Å²) in [5.41, 5.74) is 9.14. The number of unbranched alkanes of at least 4 members (excludes halogenated alkanes) is 1. The molecule has 0 atom stereocenters. The lowest BCUT2D eigenvalue weighted by molar-refractivity contribution is 0.0543. The highest BCUT2D eigenvalue weighted by Crippen LogP contribution is 2.26. The highest BCUT2D eigenvalue weighted by Gasteiger charge is 2.23. The van der Waals surface area contributed by atoms with Gasteiger partial charge in [-0.3, -0.25) is 9.67 Å². The number of nitrogens with zero attached hydrogens (tertiary/aromatic N) is 7. The van der Waals surface area contributed by atoms with Gasteiger partial charge in [-0.2, -0.15) is 10.2 Å². The molecule has 1 fully saturated rings. The Morgan fingerprint density at radius 2 is 2.05 bits per heavy atom. The Hall–Kier alpha value is -3.76. The maximum atomic E-state index is 5.65. The number of aromatic nitrogens is 2. The number of hydrogen-bond donors (Lipinski definition) is 1. The predicted molar refractivity (Wildman–Crippen MR) is 163 cm³/mol. The van der Waals surface area contributed by atoms with Crippen molar-refractivity contribution in [3.8, 4) is 0 Å². The molecular weight excluding hydrogens is 504 g/mol. The Labute approximate surface area is 238 Å². The van der Waals surface area contributed by atoms with Gasteiger partial charge in [0, 0.05) is 59.1 Å². The van der Waals surface area contributed by atoms with Crippen LogP contribution in [0.5, 0.6) is 0 Å². The van der Waals surface area contributed by atoms with E-state index in [4.69, 9.17) is 9.47 Å². The van der Waals surface area contributed by atoms with E-state index in [-0.39, 0.29) is 0 Å². The summed E-state index contributed by atoms with van der Waals surface area (Å²) in [5.74, 6) is 0.672. The summed E-state index contributed by atoms with van der Waals surface area (Å²) in [6.07, 6.45) is 8.70. The third kappa shape index (κ3) is 8.89. The molecule has 0 amide bonds. The summed E-state index contributed by atoms with van der Waals surface area (Å²) in [4.78, 5) is 13.4. The van der Waals surface area contributed by atoms with Gasteiger partial charge < -0.3 is 24.7 Å². The Morgan fingerprint density at radius 3 is 2.67 bits per heavy atom. The number of rotatable bonds is 16. The first-order valence-electron chi connectivity index (χ1n) is 13.7. The number of methoxy groups -OCH3 is 1. The van der Waals surface area contributed by atoms with Gasteiger partial charge in [0.1, 0.15) is 5.70 Å². The average Bonchev–Trinajstić information content (AvgIpc) is 3.38. The lowest BCUT2D eigenvalue weighted by atomic mass is 10.0. The molecule has 1 aliphatic rings. The number of morpholine rings is 1. The zero-order chi connectivity index (χ0) is 28.7. The molecule has 0 saturated carbocycles. The van der Waals surface area contributed by atoms with Crippen LogP contribution in [0.3, 0.4) is 0 Å². The van der Waals surface area contributed by atoms with Crippen molar-refractivity contribution in [1.82, 2.24) is 25.0 Å². The van der Waals surface area contributed by atoms with Crippen molar-refractivity contribution in [3.63, 3.8) is 0 Å². The molecule has 3 rings (SSSR count). The van der Waals surface area contributed by atoms with Gasteiger partial charge in [0.05, 0.1) is 37.4 Å². The molecule has 0 bridgehead atoms. The van der Waals surface area contributed by atoms with Crippen LogP contribution < -0.4 is 5.43 Å². The van der Waals surface area contributed by atoms with E-state index in [0.29, 0.717) is 44.4 Å². The number of benzene rings is 1. The molecule has 2 heterocycles. The van der Waals surface area contributed by atoms with Gasteiger partial charge >= 0.3 is 0 Å². The molecule has 10 heteroatoms. The predicted octanol–water partition coefficient (Wildman–Crippen LogP) is 3.76. The van der Waals surface area contributed by atoms with E-state index in [1.165, 1.54) is 5.56 Å². The lowest BCUT2D eigenvalue weighted by Gasteiger charge is -2.33. The molecule has 2 aromatic rings. The number of hydrogen-bond acceptors (Lipinski definition) is 9. The summed E-state index contributed by atoms with van der Waals surface area (Å²) < 4.78 is 12.9. The molecule has 216 valence electrons. The average molecular weight is 549 g/mol. The first-order chi connectivity index (χ1) is 19.5. The molecule has 1 saturated heterocycles. The second-order valence-electron chi connectivity index (χ2n) is 9.66. The molecule has 40 heavy (non-hydrogen) atoms. The van der Waals surface area contributed by atoms with Crippen LogP contribution in [0.15, 0.2) is 75.0 Å². The van der Waals surface area contributed by atoms with E-state index in [9.17, 15) is 0 Å². The molecule has 10 nitrogen and oxygen atoms in total. The molecule has 0 spiro atoms. The van der Waals surface area contributed by atoms with Crippen molar-refractivity contribution in [3.05, 3.63) is 76.6 Å². The van der Waals surface area contributed by atoms with E-state index in [0.717, 1.165) is 54.9 Å². The van der Waals surface area contributed by atoms with Crippen LogP contribution in [-0.2, 0) is 23.1 Å². The number of aryl methyl sites for hydroxylation is 2. The molecule has 0 unspecified atom stereocenters. The van der Waals surface area contributed by atoms with E-state index in [2.05, 4.69) is 86.1 Å². The van der Waals surface area contributed by atoms with Crippen molar-refractivity contribution in [2.45, 2.75) is 32.7 Å². The van der Waals surface area contributed by atoms with Crippen LogP contribution in [0.2, 0.25) is 0 Å². The minimum atomic E-state index is 0.535. The van der Waals surface area contributed by atoms with Gasteiger partial charge in [0.2, 0.25) is 0 Å². The maximum Gasteiger partial charge on any atom is 0.156 e. The van der Waals surface area contributed by atoms with Gasteiger partial charge in [-0.05, 0) is 45.2 Å². The number of allylic oxidation sites excluding steroid dienone is 1. The highest BCUT2D eigenvalue weighted by molar-refractivity contribution is 6.00. The summed E-state index contributed by atoms with van der Waals surface area (Å²) in [6.45, 7) is 14.6. The summed E-state index contributed by atoms with van der Waals surface area (Å²) in [7, 11) is 5.44. The summed E-state index contributed by atoms with van der Waals surface area (Å²) in [6, 6.07) is 8.46. The Morgan fingerprint density at radius 1 is 1.25 bits per heavy atom. The van der Waals surface area contributed by atoms with Gasteiger partial charge in [-0.1, -0.05) is 35.9 Å². The van der Waals surface area contributed by atoms with Gasteiger partial charge in [0.15, 0.2) is 5.82 Å². The maximum absolute atomic E-state index is 5.65. The largest absolute Gasteiger partial charge is 0.383 e. The molecule has 1 N–H and O–H groups in total. The normalized spacial score (nSPS) is 15.1. The van der Waals surface area contributed by atoms with E-state index < -0.39 is 0 Å². The third-order valence-electron chi connectivity index (χ3n) is 6.66. The summed E-state index contributed by atoms with van der Waals surface area (Å²) in [5, 5.41) is 8.89. The number of aliphatic imine (C=N–C) groups is 2. The van der Waals surface area contributed by atoms with Crippen molar-refractivity contribution < 1.29 is 9.47 Å². The van der Waals surface area contributed by atoms with Gasteiger partial charge in [0.25, 0.3) is 0 Å². The minimum Gasteiger partial charge on any atom is -0.383 e. The SMILES string of the molecule is C=NC(/C(=C\CCC/C(=N\NC)c1cccc(C)c1)N1CCOCC1)=C(/N=C)N(CCOC)Cc1cnn(C)c1. The van der Waals surface area contributed by atoms with Crippen molar-refractivity contribution in [1.29, 1.82) is 0 Å². The van der Waals surface area contributed by atoms with Crippen LogP contribution >= 0.6 is 0 Å². The fraction of sp³-hybridized carbons (Fsp3) is 0.467. The molecule has 0 aliphatic carbocycles. The standard InChI is InChI=1S/C30H44N8O2/c1-24-10-9-11-26(20-24)27(35-33-4)12-7-8-13-28(37-15-18-40-19-16-37)29(31-2)30(32-3)38(14-17-39-6)23-25-21-34-36(5)22-25/h9-11,13,20-22,33H,2-3,7-8,12,14-19,23H2,1,4-6H3/b28-13+,30-29-,35-27+. The van der Waals surface area contributed by atoms with Crippen molar-refractivity contribution >= 4 is 19.1 Å². The Kier molecular flexibility index (Phi) is 12.6. The number of nitrogens with one attached hydrogen (secondary N) is 1. The van der Waals surface area contributed by atoms with Crippen LogP contribution in [0.25, 0.3) is 0 Å². The first kappa shape index (κ1) is 30.8. The second kappa shape index (κ2) is 16.4. The second-order valence-corrected chi connectivity index (χ2v) is 9.66. The van der Waals surface area contributed by atoms with Crippen molar-refractivity contribution in [2.24, 2.45) is 22.1 Å². The number of hydrazone groups is 1. The minimum absolute atomic E-state index is 0.535. The monoisotopic (exact) mass is 548 g/mol. The molecule has 0 radical (unpaired) electrons. The van der Waals surface area contributed by atoms with Gasteiger partial charge in [-0.15, -0.1) is 0 Å². The zero-order valence-corrected chi connectivity index (χ0v) is 24.5. The zero-order valence-electron chi connectivity index (χ0n) is 24.5. The Bertz CT molecular complexity index is 1190. The lowest BCUT2D eigenvalue weighted by Crippen LogP contribution is -2.37. The third-order valence-corrected chi connectivity index (χ3v) is 6.66. The van der Waals surface area contributed by atoms with Gasteiger partial charge in [-0.25, -0.2) is 4.99 Å². The number of ether oxygens (including phenoxy) is 2. The smallest absolute Gasteiger partial charge is 0.156 e. The topological polar surface area (TPSA) is 91.9 Å². The van der Waals surface area contributed by atoms with E-state index in [1.807, 2.05) is 26.5 Å². The molecule has 1 aromatic heterocycles. The fourth-order valence-corrected chi connectivity index (χ4v) is 4.74. The highest BCUT2D eigenvalue weighted by atomic mass is 16.5. The van der Waals surface area contributed by atoms with Crippen molar-refractivity contribution in [2.75, 3.05) is 53.6 Å².